The van der Waals surface area contributed by atoms with Crippen LogP contribution in [-0.4, -0.2) is 11.9 Å². The number of ether oxygens (including phenoxy) is 1. The fourth-order valence-corrected chi connectivity index (χ4v) is 0.458. The summed E-state index contributed by atoms with van der Waals surface area (Å²) in [6.07, 6.45) is 0.0544. The first kappa shape index (κ1) is 11.6. The second-order valence-electron chi connectivity index (χ2n) is 1.54. The predicted octanol–water partition coefficient (Wildman–Crippen LogP) is 1.29. The summed E-state index contributed by atoms with van der Waals surface area (Å²) >= 11 is 0. The Labute approximate surface area is 60.7 Å². The van der Waals surface area contributed by atoms with Gasteiger partial charge in [-0.25, -0.2) is 4.79 Å². The first-order valence-corrected chi connectivity index (χ1v) is 2.13. The third kappa shape index (κ3) is 2.01. The average Bonchev–Trinajstić information content (AvgIpc) is 1.85. The molecule has 0 N–H and O–H groups in total. The van der Waals surface area contributed by atoms with E-state index in [2.05, 4.69) is 11.3 Å². The van der Waals surface area contributed by atoms with Crippen molar-refractivity contribution in [2.45, 2.75) is 21.3 Å². The topological polar surface area (TPSA) is 43.4 Å². The maximum atomic E-state index is 10.2. The van der Waals surface area contributed by atoms with Crippen molar-refractivity contribution in [3.8, 4) is 0 Å². The van der Waals surface area contributed by atoms with Crippen molar-refractivity contribution in [1.82, 2.24) is 0 Å². The fourth-order valence-electron chi connectivity index (χ4n) is 0.458. The molecule has 0 amide bonds. The number of carbonyl (C=O) groups excluding carboxylic acids is 2. The smallest absolute Gasteiger partial charge is 0.341 e. The van der Waals surface area contributed by atoms with Crippen LogP contribution in [-0.2, 0) is 14.3 Å². The van der Waals surface area contributed by atoms with E-state index in [4.69, 9.17) is 0 Å². The molecule has 0 aliphatic carbocycles. The number of esters is 2. The van der Waals surface area contributed by atoms with Gasteiger partial charge in [0.15, 0.2) is 0 Å². The van der Waals surface area contributed by atoms with Crippen LogP contribution in [0.4, 0.5) is 0 Å². The zero-order chi connectivity index (χ0) is 6.15. The summed E-state index contributed by atoms with van der Waals surface area (Å²) in [7, 11) is 0. The molecule has 0 radical (unpaired) electrons. The van der Waals surface area contributed by atoms with Crippen LogP contribution in [0.3, 0.4) is 0 Å². The minimum Gasteiger partial charge on any atom is -0.389 e. The second kappa shape index (κ2) is 3.82. The zero-order valence-electron chi connectivity index (χ0n) is 4.14. The number of carbonyl (C=O) groups is 2. The molecule has 0 aromatic carbocycles. The highest BCUT2D eigenvalue weighted by Gasteiger charge is 2.24. The molecule has 0 aromatic heterocycles. The Balaban J connectivity index is 0. The summed E-state index contributed by atoms with van der Waals surface area (Å²) in [6.45, 7) is 3.29. The molecule has 1 aliphatic rings. The molecule has 10 heavy (non-hydrogen) atoms. The first-order chi connectivity index (χ1) is 3.70. The molecular formula is C7H12O3. The number of cyclic esters (lactones) is 2. The molecule has 0 unspecified atom stereocenters. The third-order valence-electron chi connectivity index (χ3n) is 0.853. The van der Waals surface area contributed by atoms with Crippen molar-refractivity contribution < 1.29 is 14.3 Å². The van der Waals surface area contributed by atoms with Crippen LogP contribution in [0.2, 0.25) is 0 Å². The molecule has 1 saturated heterocycles. The Hall–Kier alpha value is -1.12. The van der Waals surface area contributed by atoms with Crippen LogP contribution in [0.15, 0.2) is 12.2 Å². The Morgan fingerprint density at radius 1 is 1.30 bits per heavy atom. The fraction of sp³-hybridized carbons (Fsp3) is 0.429. The minimum atomic E-state index is -0.588. The van der Waals surface area contributed by atoms with E-state index in [1.54, 1.807) is 0 Å². The summed E-state index contributed by atoms with van der Waals surface area (Å²) < 4.78 is 4.10. The van der Waals surface area contributed by atoms with E-state index in [-0.39, 0.29) is 26.8 Å². The van der Waals surface area contributed by atoms with E-state index in [9.17, 15) is 9.59 Å². The lowest BCUT2D eigenvalue weighted by molar-refractivity contribution is -0.151. The molecule has 0 saturated carbocycles. The summed E-state index contributed by atoms with van der Waals surface area (Å²) in [5.74, 6) is -1.09. The molecule has 58 valence electrons. The van der Waals surface area contributed by atoms with E-state index in [0.717, 1.165) is 0 Å². The largest absolute Gasteiger partial charge is 0.389 e. The predicted molar refractivity (Wildman–Crippen MR) is 38.3 cm³/mol. The highest BCUT2D eigenvalue weighted by atomic mass is 16.6. The van der Waals surface area contributed by atoms with Crippen molar-refractivity contribution >= 4 is 11.9 Å². The van der Waals surface area contributed by atoms with Crippen molar-refractivity contribution in [2.24, 2.45) is 0 Å². The molecule has 0 spiro atoms. The molecule has 0 atom stereocenters. The molecule has 0 bridgehead atoms. The van der Waals surface area contributed by atoms with Crippen LogP contribution < -0.4 is 0 Å². The van der Waals surface area contributed by atoms with Crippen LogP contribution in [0.1, 0.15) is 21.3 Å². The van der Waals surface area contributed by atoms with Crippen molar-refractivity contribution in [3.63, 3.8) is 0 Å². The van der Waals surface area contributed by atoms with E-state index in [1.165, 1.54) is 0 Å². The molecular weight excluding hydrogens is 132 g/mol. The second-order valence-corrected chi connectivity index (χ2v) is 1.54. The van der Waals surface area contributed by atoms with Gasteiger partial charge in [0, 0.05) is 5.57 Å². The average molecular weight is 144 g/mol. The van der Waals surface area contributed by atoms with Crippen LogP contribution >= 0.6 is 0 Å². The van der Waals surface area contributed by atoms with E-state index in [1.807, 2.05) is 0 Å². The quantitative estimate of drug-likeness (QED) is 0.292. The van der Waals surface area contributed by atoms with Gasteiger partial charge in [-0.1, -0.05) is 21.4 Å². The summed E-state index contributed by atoms with van der Waals surface area (Å²) in [6, 6.07) is 0. The highest BCUT2D eigenvalue weighted by molar-refractivity contribution is 6.05. The van der Waals surface area contributed by atoms with Crippen molar-refractivity contribution in [2.75, 3.05) is 0 Å². The maximum Gasteiger partial charge on any atom is 0.341 e. The number of rotatable bonds is 0. The molecule has 1 fully saturated rings. The normalized spacial score (nSPS) is 15.4. The third-order valence-corrected chi connectivity index (χ3v) is 0.853. The van der Waals surface area contributed by atoms with Gasteiger partial charge in [-0.15, -0.1) is 0 Å². The summed E-state index contributed by atoms with van der Waals surface area (Å²) in [5.41, 5.74) is 0.245. The Bertz CT molecular complexity index is 152. The van der Waals surface area contributed by atoms with Gasteiger partial charge >= 0.3 is 11.9 Å². The molecule has 1 rings (SSSR count). The number of hydrogen-bond acceptors (Lipinski definition) is 3. The van der Waals surface area contributed by atoms with Gasteiger partial charge < -0.3 is 4.74 Å². The maximum absolute atomic E-state index is 10.2. The van der Waals surface area contributed by atoms with Gasteiger partial charge in [0.05, 0.1) is 6.42 Å². The molecule has 1 aliphatic heterocycles. The van der Waals surface area contributed by atoms with Crippen molar-refractivity contribution in [1.29, 1.82) is 0 Å². The Kier molecular flexibility index (Phi) is 4.45. The Morgan fingerprint density at radius 3 is 1.90 bits per heavy atom. The lowest BCUT2D eigenvalue weighted by Gasteiger charge is -1.80. The minimum absolute atomic E-state index is 0. The zero-order valence-corrected chi connectivity index (χ0v) is 4.14. The molecule has 3 heteroatoms. The molecule has 1 heterocycles. The molecule has 3 nitrogen and oxygen atoms in total. The lowest BCUT2D eigenvalue weighted by atomic mass is 10.3. The molecule has 0 aromatic rings. The van der Waals surface area contributed by atoms with Gasteiger partial charge in [-0.05, 0) is 0 Å². The van der Waals surface area contributed by atoms with Gasteiger partial charge in [0.25, 0.3) is 0 Å². The van der Waals surface area contributed by atoms with Gasteiger partial charge in [0.1, 0.15) is 0 Å². The Morgan fingerprint density at radius 2 is 1.80 bits per heavy atom. The van der Waals surface area contributed by atoms with Crippen molar-refractivity contribution in [3.05, 3.63) is 12.2 Å². The summed E-state index contributed by atoms with van der Waals surface area (Å²) in [5, 5.41) is 0. The highest BCUT2D eigenvalue weighted by Crippen LogP contribution is 2.10. The summed E-state index contributed by atoms with van der Waals surface area (Å²) in [4.78, 5) is 20.4. The standard InChI is InChI=1S/C5H4O3.2CH4/c1-3-2-4(6)8-5(3)7;;/h1-2H2;2*1H4. The van der Waals surface area contributed by atoms with Gasteiger partial charge in [0.2, 0.25) is 0 Å². The lowest BCUT2D eigenvalue weighted by Crippen LogP contribution is -1.95. The van der Waals surface area contributed by atoms with Gasteiger partial charge in [-0.2, -0.15) is 0 Å². The van der Waals surface area contributed by atoms with E-state index < -0.39 is 11.9 Å². The van der Waals surface area contributed by atoms with Crippen LogP contribution in [0, 0.1) is 0 Å². The van der Waals surface area contributed by atoms with Crippen LogP contribution in [0.5, 0.6) is 0 Å². The number of hydrogen-bond donors (Lipinski definition) is 0. The van der Waals surface area contributed by atoms with Crippen LogP contribution in [0.25, 0.3) is 0 Å². The first-order valence-electron chi connectivity index (χ1n) is 2.13. The van der Waals surface area contributed by atoms with E-state index >= 15 is 0 Å². The van der Waals surface area contributed by atoms with Gasteiger partial charge in [-0.3, -0.25) is 4.79 Å². The monoisotopic (exact) mass is 144 g/mol. The SMILES string of the molecule is C.C.C=C1CC(=O)OC1=O. The van der Waals surface area contributed by atoms with E-state index in [0.29, 0.717) is 0 Å².